The summed E-state index contributed by atoms with van der Waals surface area (Å²) < 4.78 is 17.1. The molecule has 1 aromatic heterocycles. The number of hydrogen-bond acceptors (Lipinski definition) is 8. The molecule has 3 amide bonds. The van der Waals surface area contributed by atoms with Gasteiger partial charge in [0.2, 0.25) is 0 Å². The van der Waals surface area contributed by atoms with Crippen molar-refractivity contribution in [2.45, 2.75) is 77.4 Å². The number of imidazole rings is 1. The Morgan fingerprint density at radius 3 is 2.07 bits per heavy atom. The number of hydrogen-bond donors (Lipinski definition) is 1. The molecule has 3 aliphatic heterocycles. The van der Waals surface area contributed by atoms with E-state index in [-0.39, 0.29) is 38.4 Å². The van der Waals surface area contributed by atoms with Gasteiger partial charge in [-0.05, 0) is 87.1 Å². The van der Waals surface area contributed by atoms with Crippen molar-refractivity contribution >= 4 is 40.7 Å². The summed E-state index contributed by atoms with van der Waals surface area (Å²) in [4.78, 5) is 58.2. The number of nitrogens with one attached hydrogen (secondary N) is 1. The minimum Gasteiger partial charge on any atom is -0.445 e. The summed E-state index contributed by atoms with van der Waals surface area (Å²) in [6.07, 6.45) is 2.29. The van der Waals surface area contributed by atoms with Gasteiger partial charge in [-0.3, -0.25) is 14.8 Å². The van der Waals surface area contributed by atoms with Crippen LogP contribution in [0.3, 0.4) is 0 Å². The Hall–Kier alpha value is -6.61. The molecule has 0 radical (unpaired) electrons. The topological polar surface area (TPSA) is 130 Å². The highest BCUT2D eigenvalue weighted by molar-refractivity contribution is 5.99. The van der Waals surface area contributed by atoms with Crippen LogP contribution in [0.15, 0.2) is 102 Å². The lowest BCUT2D eigenvalue weighted by molar-refractivity contribution is -0.0000986. The van der Waals surface area contributed by atoms with Crippen LogP contribution in [0.1, 0.15) is 79.7 Å². The van der Waals surface area contributed by atoms with E-state index >= 15 is 0 Å². The lowest BCUT2D eigenvalue weighted by Gasteiger charge is -2.40. The van der Waals surface area contributed by atoms with E-state index < -0.39 is 23.8 Å². The normalized spacial score (nSPS) is 17.7. The van der Waals surface area contributed by atoms with E-state index in [0.29, 0.717) is 30.9 Å². The van der Waals surface area contributed by atoms with Gasteiger partial charge in [0.25, 0.3) is 0 Å². The fourth-order valence-corrected chi connectivity index (χ4v) is 7.71. The number of nitrogens with zero attached hydrogens (tertiary/aromatic N) is 5. The van der Waals surface area contributed by atoms with Crippen molar-refractivity contribution in [1.82, 2.24) is 24.7 Å². The average molecular weight is 793 g/mol. The smallest absolute Gasteiger partial charge is 0.410 e. The van der Waals surface area contributed by atoms with Crippen LogP contribution >= 0.6 is 0 Å². The molecule has 59 heavy (non-hydrogen) atoms. The third-order valence-electron chi connectivity index (χ3n) is 10.7. The Morgan fingerprint density at radius 2 is 1.39 bits per heavy atom. The number of amides is 3. The second kappa shape index (κ2) is 17.1. The Kier molecular flexibility index (Phi) is 11.4. The van der Waals surface area contributed by atoms with Crippen molar-refractivity contribution < 1.29 is 28.6 Å². The molecule has 0 saturated carbocycles. The van der Waals surface area contributed by atoms with Gasteiger partial charge in [0.1, 0.15) is 30.7 Å². The fourth-order valence-electron chi connectivity index (χ4n) is 7.71. The zero-order chi connectivity index (χ0) is 40.9. The van der Waals surface area contributed by atoms with E-state index in [1.807, 2.05) is 117 Å². The molecule has 4 heterocycles. The second-order valence-electron chi connectivity index (χ2n) is 16.1. The zero-order valence-corrected chi connectivity index (χ0v) is 33.6. The number of aliphatic imine (C=N–C) groups is 1. The lowest BCUT2D eigenvalue weighted by atomic mass is 9.95. The molecule has 0 spiro atoms. The lowest BCUT2D eigenvalue weighted by Crippen LogP contribution is -2.53. The minimum absolute atomic E-state index is 0.0963. The van der Waals surface area contributed by atoms with E-state index in [2.05, 4.69) is 22.9 Å². The van der Waals surface area contributed by atoms with Crippen molar-refractivity contribution in [2.24, 2.45) is 4.99 Å². The van der Waals surface area contributed by atoms with Gasteiger partial charge in [-0.1, -0.05) is 78.6 Å². The number of likely N-dealkylation sites (tertiary alicyclic amines) is 1. The highest BCUT2D eigenvalue weighted by Crippen LogP contribution is 2.33. The van der Waals surface area contributed by atoms with Crippen LogP contribution in [0, 0.1) is 11.8 Å². The van der Waals surface area contributed by atoms with E-state index in [9.17, 15) is 14.4 Å². The van der Waals surface area contributed by atoms with Crippen molar-refractivity contribution in [2.75, 3.05) is 26.2 Å². The van der Waals surface area contributed by atoms with Crippen LogP contribution < -0.4 is 0 Å². The standard InChI is InChI=1S/C47H48N6O6/c1-47(2,3)59-44(54)51-24-25-53(46(56)58-31-35-14-8-5-9-15-35)42(29-51)43-49-37-22-20-33(27-39(37)50-43)18-17-32-19-21-36-28-40(48-38(36)26-32)41-16-10-11-23-52(41)45(55)57-30-34-12-6-4-7-13-34/h4-9,12-15,19-22,26-27,41-42H,10-11,16,23-25,28-31H2,1-3H3,(H,49,50)/t41-,42-/m0/s1. The number of fused-ring (bicyclic) bond motifs is 2. The quantitative estimate of drug-likeness (QED) is 0.135. The van der Waals surface area contributed by atoms with Gasteiger partial charge in [0.15, 0.2) is 0 Å². The summed E-state index contributed by atoms with van der Waals surface area (Å²) in [6.45, 7) is 7.23. The predicted molar refractivity (Wildman–Crippen MR) is 224 cm³/mol. The Morgan fingerprint density at radius 1 is 0.746 bits per heavy atom. The molecule has 8 rings (SSSR count). The van der Waals surface area contributed by atoms with E-state index in [1.54, 1.807) is 9.80 Å². The summed E-state index contributed by atoms with van der Waals surface area (Å²) in [5, 5.41) is 0. The maximum absolute atomic E-state index is 13.5. The van der Waals surface area contributed by atoms with E-state index in [1.165, 1.54) is 0 Å². The minimum atomic E-state index is -0.664. The number of aromatic amines is 1. The molecule has 2 saturated heterocycles. The molecule has 5 aromatic rings. The van der Waals surface area contributed by atoms with Crippen LogP contribution in [0.4, 0.5) is 20.1 Å². The highest BCUT2D eigenvalue weighted by atomic mass is 16.6. The molecule has 2 atom stereocenters. The first-order valence-electron chi connectivity index (χ1n) is 20.2. The van der Waals surface area contributed by atoms with Gasteiger partial charge in [-0.2, -0.15) is 0 Å². The zero-order valence-electron chi connectivity index (χ0n) is 33.6. The Bertz CT molecular complexity index is 2430. The molecule has 0 bridgehead atoms. The molecule has 0 aliphatic carbocycles. The average Bonchev–Trinajstić information content (AvgIpc) is 3.88. The number of carbonyl (C=O) groups is 3. The summed E-state index contributed by atoms with van der Waals surface area (Å²) >= 11 is 0. The van der Waals surface area contributed by atoms with Crippen LogP contribution in [0.25, 0.3) is 11.0 Å². The maximum atomic E-state index is 13.5. The van der Waals surface area contributed by atoms with Gasteiger partial charge in [0.05, 0.1) is 29.3 Å². The molecule has 12 heteroatoms. The number of aromatic nitrogens is 2. The molecule has 0 unspecified atom stereocenters. The number of piperazine rings is 1. The Balaban J connectivity index is 0.974. The largest absolute Gasteiger partial charge is 0.445 e. The molecule has 12 nitrogen and oxygen atoms in total. The highest BCUT2D eigenvalue weighted by Gasteiger charge is 2.38. The van der Waals surface area contributed by atoms with Crippen molar-refractivity contribution in [3.8, 4) is 11.8 Å². The maximum Gasteiger partial charge on any atom is 0.410 e. The molecule has 4 aromatic carbocycles. The molecular formula is C47H48N6O6. The number of rotatable bonds is 6. The first-order chi connectivity index (χ1) is 28.6. The third-order valence-corrected chi connectivity index (χ3v) is 10.7. The monoisotopic (exact) mass is 792 g/mol. The summed E-state index contributed by atoms with van der Waals surface area (Å²) in [5.74, 6) is 7.12. The number of H-pyrrole nitrogens is 1. The van der Waals surface area contributed by atoms with Crippen molar-refractivity contribution in [3.63, 3.8) is 0 Å². The van der Waals surface area contributed by atoms with E-state index in [0.717, 1.165) is 64.0 Å². The van der Waals surface area contributed by atoms with Crippen LogP contribution in [0.2, 0.25) is 0 Å². The van der Waals surface area contributed by atoms with Crippen LogP contribution in [-0.4, -0.2) is 86.5 Å². The summed E-state index contributed by atoms with van der Waals surface area (Å²) in [7, 11) is 0. The van der Waals surface area contributed by atoms with Crippen molar-refractivity contribution in [1.29, 1.82) is 0 Å². The first-order valence-corrected chi connectivity index (χ1v) is 20.2. The van der Waals surface area contributed by atoms with Gasteiger partial charge >= 0.3 is 18.3 Å². The number of piperidine rings is 1. The fraction of sp³-hybridized carbons (Fsp3) is 0.340. The number of benzene rings is 4. The van der Waals surface area contributed by atoms with Gasteiger partial charge in [-0.25, -0.2) is 19.4 Å². The van der Waals surface area contributed by atoms with Crippen LogP contribution in [-0.2, 0) is 33.8 Å². The predicted octanol–water partition coefficient (Wildman–Crippen LogP) is 8.71. The SMILES string of the molecule is CC(C)(C)OC(=O)N1CCN(C(=O)OCc2ccccc2)[C@H](c2nc3ccc(C#Cc4ccc5c(c4)N=C([C@@H]4CCCCN4C(=O)OCc4ccccc4)C5)cc3[nH]2)C1. The molecule has 2 fully saturated rings. The van der Waals surface area contributed by atoms with Gasteiger partial charge in [-0.15, -0.1) is 0 Å². The second-order valence-corrected chi connectivity index (χ2v) is 16.1. The molecule has 3 aliphatic rings. The van der Waals surface area contributed by atoms with Crippen LogP contribution in [0.5, 0.6) is 0 Å². The number of ether oxygens (including phenoxy) is 3. The van der Waals surface area contributed by atoms with E-state index in [4.69, 9.17) is 24.2 Å². The Labute approximate surface area is 344 Å². The molecule has 1 N–H and O–H groups in total. The van der Waals surface area contributed by atoms with Crippen molar-refractivity contribution in [3.05, 3.63) is 131 Å². The molecular weight excluding hydrogens is 745 g/mol. The first kappa shape index (κ1) is 39.2. The molecule has 302 valence electrons. The number of carbonyl (C=O) groups excluding carboxylic acids is 3. The summed E-state index contributed by atoms with van der Waals surface area (Å²) in [5.41, 5.74) is 7.22. The van der Waals surface area contributed by atoms with Gasteiger partial charge < -0.3 is 24.1 Å². The van der Waals surface area contributed by atoms with Gasteiger partial charge in [0, 0.05) is 42.9 Å². The summed E-state index contributed by atoms with van der Waals surface area (Å²) in [6, 6.07) is 30.4. The third kappa shape index (κ3) is 9.41.